The van der Waals surface area contributed by atoms with Crippen LogP contribution in [0, 0.1) is 0 Å². The Labute approximate surface area is 229 Å². The molecule has 8 nitrogen and oxygen atoms in total. The third kappa shape index (κ3) is 25.6. The van der Waals surface area contributed by atoms with E-state index in [2.05, 4.69) is 84.4 Å². The van der Waals surface area contributed by atoms with E-state index < -0.39 is 33.1 Å². The van der Waals surface area contributed by atoms with E-state index in [1.165, 1.54) is 0 Å². The highest BCUT2D eigenvalue weighted by molar-refractivity contribution is 7.47. The molecule has 0 amide bonds. The van der Waals surface area contributed by atoms with Gasteiger partial charge in [0, 0.05) is 13.0 Å². The average molecular weight is 554 g/mol. The van der Waals surface area contributed by atoms with Gasteiger partial charge in [0.25, 0.3) is 0 Å². The molecule has 1 unspecified atom stereocenters. The summed E-state index contributed by atoms with van der Waals surface area (Å²) in [5.74, 6) is -0.494. The molecule has 0 saturated heterocycles. The first-order valence-corrected chi connectivity index (χ1v) is 15.0. The standard InChI is InChI=1S/C29H48NO7P/c1-2-3-4-5-6-7-8-9-10-11-12-13-14-15-16-17-18-19-20-21-22-23-29(32)37-28(26-31)27-36-38(33,34)35-25-24-30/h3-4,6-7,9-10,12-13,15-16,18-19,28,31H,2,5,8,11,14,17,20-27,30H2,1H3,(H,33,34)/b4-3-,7-6-,10-9-,13-12-,16-15-,19-18-/t28-/m1/s1. The molecule has 0 heterocycles. The molecule has 0 aliphatic heterocycles. The topological polar surface area (TPSA) is 128 Å². The van der Waals surface area contributed by atoms with Crippen molar-refractivity contribution < 1.29 is 33.1 Å². The lowest BCUT2D eigenvalue weighted by molar-refractivity contribution is -0.153. The summed E-state index contributed by atoms with van der Waals surface area (Å²) >= 11 is 0. The number of esters is 1. The van der Waals surface area contributed by atoms with Crippen molar-refractivity contribution in [3.63, 3.8) is 0 Å². The van der Waals surface area contributed by atoms with Crippen LogP contribution in [0.1, 0.15) is 71.1 Å². The number of hydrogen-bond acceptors (Lipinski definition) is 7. The fourth-order valence-corrected chi connectivity index (χ4v) is 3.69. The number of hydrogen-bond donors (Lipinski definition) is 3. The summed E-state index contributed by atoms with van der Waals surface area (Å²) in [4.78, 5) is 21.3. The van der Waals surface area contributed by atoms with E-state index >= 15 is 0 Å². The van der Waals surface area contributed by atoms with Crippen LogP contribution in [0.3, 0.4) is 0 Å². The Morgan fingerprint density at radius 1 is 0.816 bits per heavy atom. The van der Waals surface area contributed by atoms with Gasteiger partial charge in [-0.2, -0.15) is 0 Å². The number of allylic oxidation sites excluding steroid dienone is 12. The van der Waals surface area contributed by atoms with Gasteiger partial charge in [-0.15, -0.1) is 0 Å². The van der Waals surface area contributed by atoms with E-state index in [-0.39, 0.29) is 19.6 Å². The molecular weight excluding hydrogens is 505 g/mol. The van der Waals surface area contributed by atoms with Crippen molar-refractivity contribution in [3.8, 4) is 0 Å². The first-order chi connectivity index (χ1) is 18.4. The number of aliphatic hydroxyl groups excluding tert-OH is 1. The van der Waals surface area contributed by atoms with Crippen LogP contribution >= 0.6 is 7.82 Å². The zero-order chi connectivity index (χ0) is 28.2. The number of rotatable bonds is 24. The normalized spacial score (nSPS) is 15.2. The van der Waals surface area contributed by atoms with Gasteiger partial charge < -0.3 is 20.5 Å². The minimum absolute atomic E-state index is 0.0604. The predicted molar refractivity (Wildman–Crippen MR) is 154 cm³/mol. The molecule has 0 fully saturated rings. The van der Waals surface area contributed by atoms with Gasteiger partial charge in [0.1, 0.15) is 6.10 Å². The lowest BCUT2D eigenvalue weighted by atomic mass is 10.2. The summed E-state index contributed by atoms with van der Waals surface area (Å²) in [7, 11) is -4.28. The summed E-state index contributed by atoms with van der Waals surface area (Å²) < 4.78 is 25.9. The smallest absolute Gasteiger partial charge is 0.457 e. The molecule has 2 atom stereocenters. The Bertz CT molecular complexity index is 803. The lowest BCUT2D eigenvalue weighted by Crippen LogP contribution is -2.27. The molecule has 0 aromatic carbocycles. The predicted octanol–water partition coefficient (Wildman–Crippen LogP) is 6.24. The minimum atomic E-state index is -4.28. The molecule has 0 aromatic heterocycles. The Morgan fingerprint density at radius 2 is 1.32 bits per heavy atom. The van der Waals surface area contributed by atoms with Gasteiger partial charge in [0.05, 0.1) is 19.8 Å². The Kier molecular flexibility index (Phi) is 25.1. The molecule has 216 valence electrons. The first-order valence-electron chi connectivity index (χ1n) is 13.5. The van der Waals surface area contributed by atoms with Crippen molar-refractivity contribution in [2.24, 2.45) is 5.73 Å². The highest BCUT2D eigenvalue weighted by atomic mass is 31.2. The second-order valence-electron chi connectivity index (χ2n) is 8.34. The fourth-order valence-electron chi connectivity index (χ4n) is 2.92. The molecule has 0 saturated carbocycles. The zero-order valence-corrected chi connectivity index (χ0v) is 23.8. The molecule has 0 aliphatic rings. The van der Waals surface area contributed by atoms with Crippen LogP contribution in [0.15, 0.2) is 72.9 Å². The largest absolute Gasteiger partial charge is 0.472 e. The fraction of sp³-hybridized carbons (Fsp3) is 0.552. The van der Waals surface area contributed by atoms with Crippen molar-refractivity contribution in [2.45, 2.75) is 77.2 Å². The van der Waals surface area contributed by atoms with Crippen LogP contribution in [0.2, 0.25) is 0 Å². The molecule has 4 N–H and O–H groups in total. The van der Waals surface area contributed by atoms with E-state index in [1.54, 1.807) is 0 Å². The summed E-state index contributed by atoms with van der Waals surface area (Å²) in [5, 5.41) is 9.28. The molecule has 0 rings (SSSR count). The van der Waals surface area contributed by atoms with Gasteiger partial charge >= 0.3 is 13.8 Å². The molecule has 0 bridgehead atoms. The van der Waals surface area contributed by atoms with Crippen LogP contribution in [-0.4, -0.2) is 48.4 Å². The van der Waals surface area contributed by atoms with E-state index in [1.807, 2.05) is 0 Å². The molecule has 9 heteroatoms. The molecule has 38 heavy (non-hydrogen) atoms. The third-order valence-corrected chi connectivity index (χ3v) is 5.88. The highest BCUT2D eigenvalue weighted by Crippen LogP contribution is 2.42. The number of carbonyl (C=O) groups is 1. The number of nitrogens with two attached hydrogens (primary N) is 1. The van der Waals surface area contributed by atoms with Gasteiger partial charge in [0.2, 0.25) is 0 Å². The second-order valence-corrected chi connectivity index (χ2v) is 9.80. The van der Waals surface area contributed by atoms with Crippen LogP contribution in [0.25, 0.3) is 0 Å². The molecule has 0 aliphatic carbocycles. The van der Waals surface area contributed by atoms with Crippen molar-refractivity contribution in [3.05, 3.63) is 72.9 Å². The Morgan fingerprint density at radius 3 is 1.79 bits per heavy atom. The number of unbranched alkanes of at least 4 members (excludes halogenated alkanes) is 2. The lowest BCUT2D eigenvalue weighted by Gasteiger charge is -2.17. The first kappa shape index (κ1) is 35.9. The summed E-state index contributed by atoms with van der Waals surface area (Å²) in [6.45, 7) is 1.08. The van der Waals surface area contributed by atoms with E-state index in [0.717, 1.165) is 51.4 Å². The summed E-state index contributed by atoms with van der Waals surface area (Å²) in [6.07, 6.45) is 33.3. The number of ether oxygens (including phenoxy) is 1. The maximum Gasteiger partial charge on any atom is 0.472 e. The Balaban J connectivity index is 3.79. The van der Waals surface area contributed by atoms with E-state index in [0.29, 0.717) is 6.42 Å². The monoisotopic (exact) mass is 553 g/mol. The van der Waals surface area contributed by atoms with Gasteiger partial charge in [-0.05, 0) is 57.8 Å². The van der Waals surface area contributed by atoms with Crippen LogP contribution < -0.4 is 5.73 Å². The van der Waals surface area contributed by atoms with Crippen molar-refractivity contribution >= 4 is 13.8 Å². The Hall–Kier alpha value is -2.06. The summed E-state index contributed by atoms with van der Waals surface area (Å²) in [5.41, 5.74) is 5.19. The maximum absolute atomic E-state index is 11.9. The SMILES string of the molecule is CC/C=C\C/C=C\C/C=C\C/C=C\C/C=C\C/C=C\CCCCC(=O)O[C@H](CO)COP(=O)(O)OCCN. The third-order valence-electron chi connectivity index (χ3n) is 4.90. The van der Waals surface area contributed by atoms with Crippen molar-refractivity contribution in [1.29, 1.82) is 0 Å². The van der Waals surface area contributed by atoms with Gasteiger partial charge in [-0.1, -0.05) is 79.8 Å². The van der Waals surface area contributed by atoms with Crippen LogP contribution in [0.4, 0.5) is 0 Å². The number of phosphoric acid groups is 1. The zero-order valence-electron chi connectivity index (χ0n) is 22.9. The minimum Gasteiger partial charge on any atom is -0.457 e. The maximum atomic E-state index is 11.9. The summed E-state index contributed by atoms with van der Waals surface area (Å²) in [6, 6.07) is 0. The highest BCUT2D eigenvalue weighted by Gasteiger charge is 2.24. The number of carbonyl (C=O) groups excluding carboxylic acids is 1. The van der Waals surface area contributed by atoms with Gasteiger partial charge in [-0.3, -0.25) is 13.8 Å². The second kappa shape index (κ2) is 26.5. The van der Waals surface area contributed by atoms with E-state index in [9.17, 15) is 19.4 Å². The van der Waals surface area contributed by atoms with Crippen molar-refractivity contribution in [2.75, 3.05) is 26.4 Å². The molecule has 0 radical (unpaired) electrons. The van der Waals surface area contributed by atoms with Gasteiger partial charge in [-0.25, -0.2) is 4.57 Å². The van der Waals surface area contributed by atoms with E-state index in [4.69, 9.17) is 15.0 Å². The van der Waals surface area contributed by atoms with Gasteiger partial charge in [0.15, 0.2) is 0 Å². The molecule has 0 spiro atoms. The van der Waals surface area contributed by atoms with Crippen molar-refractivity contribution in [1.82, 2.24) is 0 Å². The molecule has 0 aromatic rings. The number of phosphoric ester groups is 1. The van der Waals surface area contributed by atoms with Crippen LogP contribution in [0.5, 0.6) is 0 Å². The quantitative estimate of drug-likeness (QED) is 0.0554. The molecular formula is C29H48NO7P. The number of aliphatic hydroxyl groups is 1. The van der Waals surface area contributed by atoms with Crippen LogP contribution in [-0.2, 0) is 23.1 Å². The average Bonchev–Trinajstić information content (AvgIpc) is 2.90.